The molecule has 1 aromatic heterocycles. The lowest BCUT2D eigenvalue weighted by Gasteiger charge is -2.13. The number of para-hydroxylation sites is 1. The minimum Gasteiger partial charge on any atom is -0.348 e. The maximum absolute atomic E-state index is 12.1. The fourth-order valence-electron chi connectivity index (χ4n) is 2.18. The normalized spacial score (nSPS) is 22.8. The third-order valence-electron chi connectivity index (χ3n) is 3.82. The fraction of sp³-hybridized carbons (Fsp3) is 0.357. The number of benzene rings is 1. The minimum atomic E-state index is -0.968. The molecule has 1 aliphatic rings. The van der Waals surface area contributed by atoms with Gasteiger partial charge in [-0.25, -0.2) is 0 Å². The molecule has 0 spiro atoms. The molecule has 1 fully saturated rings. The first-order valence-electron chi connectivity index (χ1n) is 6.54. The lowest BCUT2D eigenvalue weighted by Crippen LogP contribution is -2.33. The third kappa shape index (κ3) is 2.51. The van der Waals surface area contributed by atoms with Gasteiger partial charge in [0.25, 0.3) is 0 Å². The Morgan fingerprint density at radius 2 is 2.05 bits per heavy atom. The van der Waals surface area contributed by atoms with E-state index in [0.717, 1.165) is 5.69 Å². The van der Waals surface area contributed by atoms with Crippen molar-refractivity contribution >= 4 is 29.1 Å². The second-order valence-electron chi connectivity index (χ2n) is 5.35. The highest BCUT2D eigenvalue weighted by atomic mass is 35.5. The summed E-state index contributed by atoms with van der Waals surface area (Å²) in [4.78, 5) is 12.1. The monoisotopic (exact) mass is 324 g/mol. The number of amides is 1. The van der Waals surface area contributed by atoms with Crippen molar-refractivity contribution in [2.45, 2.75) is 24.2 Å². The summed E-state index contributed by atoms with van der Waals surface area (Å²) in [5.41, 5.74) is 0.210. The largest absolute Gasteiger partial charge is 0.348 e. The maximum Gasteiger partial charge on any atom is 0.229 e. The number of alkyl halides is 2. The lowest BCUT2D eigenvalue weighted by molar-refractivity contribution is -0.126. The molecule has 1 amide bonds. The van der Waals surface area contributed by atoms with Crippen LogP contribution in [0.1, 0.15) is 19.2 Å². The van der Waals surface area contributed by atoms with Gasteiger partial charge in [-0.1, -0.05) is 18.2 Å². The van der Waals surface area contributed by atoms with Gasteiger partial charge < -0.3 is 5.32 Å². The summed E-state index contributed by atoms with van der Waals surface area (Å²) in [5.74, 6) is 0.476. The molecule has 21 heavy (non-hydrogen) atoms. The van der Waals surface area contributed by atoms with Crippen LogP contribution in [-0.2, 0) is 11.3 Å². The maximum atomic E-state index is 12.1. The van der Waals surface area contributed by atoms with E-state index in [4.69, 9.17) is 23.2 Å². The molecule has 1 N–H and O–H groups in total. The zero-order chi connectivity index (χ0) is 15.1. The van der Waals surface area contributed by atoms with E-state index in [1.54, 1.807) is 13.3 Å². The van der Waals surface area contributed by atoms with Crippen LogP contribution < -0.4 is 5.32 Å². The van der Waals surface area contributed by atoms with Gasteiger partial charge >= 0.3 is 0 Å². The van der Waals surface area contributed by atoms with Crippen LogP contribution in [0.2, 0.25) is 0 Å². The Kier molecular flexibility index (Phi) is 3.42. The van der Waals surface area contributed by atoms with E-state index in [-0.39, 0.29) is 12.5 Å². The van der Waals surface area contributed by atoms with Crippen LogP contribution >= 0.6 is 23.2 Å². The van der Waals surface area contributed by atoms with E-state index < -0.39 is 9.75 Å². The first-order chi connectivity index (χ1) is 9.94. The van der Waals surface area contributed by atoms with Crippen molar-refractivity contribution in [3.05, 3.63) is 42.5 Å². The van der Waals surface area contributed by atoms with Crippen LogP contribution in [0.25, 0.3) is 5.69 Å². The molecule has 7 heteroatoms. The summed E-state index contributed by atoms with van der Waals surface area (Å²) in [6.07, 6.45) is 2.07. The molecule has 5 nitrogen and oxygen atoms in total. The molecule has 110 valence electrons. The molecule has 2 aromatic rings. The lowest BCUT2D eigenvalue weighted by atomic mass is 10.1. The number of hydrogen-bond donors (Lipinski definition) is 1. The Hall–Kier alpha value is -1.59. The Morgan fingerprint density at radius 1 is 1.38 bits per heavy atom. The van der Waals surface area contributed by atoms with Crippen molar-refractivity contribution in [3.63, 3.8) is 0 Å². The first kappa shape index (κ1) is 14.4. The number of nitrogens with one attached hydrogen (secondary N) is 1. The summed E-state index contributed by atoms with van der Waals surface area (Å²) in [6, 6.07) is 9.68. The number of aromatic nitrogens is 3. The highest BCUT2D eigenvalue weighted by Crippen LogP contribution is 2.63. The van der Waals surface area contributed by atoms with Gasteiger partial charge in [0, 0.05) is 5.69 Å². The number of halogens is 2. The number of carbonyl (C=O) groups is 1. The van der Waals surface area contributed by atoms with E-state index >= 15 is 0 Å². The predicted octanol–water partition coefficient (Wildman–Crippen LogP) is 2.47. The molecular formula is C14H14Cl2N4O. The number of nitrogens with zero attached hydrogens (tertiary/aromatic N) is 3. The summed E-state index contributed by atoms with van der Waals surface area (Å²) < 4.78 is 0.855. The summed E-state index contributed by atoms with van der Waals surface area (Å²) in [6.45, 7) is 2.03. The zero-order valence-electron chi connectivity index (χ0n) is 11.4. The molecule has 0 saturated heterocycles. The Balaban J connectivity index is 1.70. The van der Waals surface area contributed by atoms with E-state index in [0.29, 0.717) is 12.2 Å². The minimum absolute atomic E-state index is 0.171. The molecule has 1 saturated carbocycles. The summed E-state index contributed by atoms with van der Waals surface area (Å²) in [5, 5.41) is 10.8. The van der Waals surface area contributed by atoms with Crippen molar-refractivity contribution in [2.75, 3.05) is 0 Å². The third-order valence-corrected chi connectivity index (χ3v) is 4.92. The fourth-order valence-corrected chi connectivity index (χ4v) is 2.89. The van der Waals surface area contributed by atoms with Crippen molar-refractivity contribution in [1.29, 1.82) is 0 Å². The molecule has 1 aromatic carbocycles. The summed E-state index contributed by atoms with van der Waals surface area (Å²) >= 11 is 12.0. The average molecular weight is 325 g/mol. The standard InChI is InChI=1S/C14H14Cl2N4O/c1-13(8-14(13,15)16)12(21)17-7-11-19-18-9-20(11)10-5-3-2-4-6-10/h2-6,9H,7-8H2,1H3,(H,17,21)/t13-/m0/s1. The SMILES string of the molecule is C[C@@]1(C(=O)NCc2nncn2-c2ccccc2)CC1(Cl)Cl. The van der Waals surface area contributed by atoms with E-state index in [1.807, 2.05) is 34.9 Å². The van der Waals surface area contributed by atoms with Gasteiger partial charge in [-0.3, -0.25) is 9.36 Å². The van der Waals surface area contributed by atoms with E-state index in [1.165, 1.54) is 0 Å². The van der Waals surface area contributed by atoms with E-state index in [2.05, 4.69) is 15.5 Å². The molecule has 0 radical (unpaired) electrons. The number of rotatable bonds is 4. The Morgan fingerprint density at radius 3 is 2.67 bits per heavy atom. The first-order valence-corrected chi connectivity index (χ1v) is 7.30. The van der Waals surface area contributed by atoms with Crippen LogP contribution in [0.4, 0.5) is 0 Å². The van der Waals surface area contributed by atoms with Gasteiger partial charge in [0.05, 0.1) is 12.0 Å². The van der Waals surface area contributed by atoms with Crippen LogP contribution in [0.3, 0.4) is 0 Å². The van der Waals surface area contributed by atoms with Crippen LogP contribution in [0, 0.1) is 5.41 Å². The molecule has 3 rings (SSSR count). The quantitative estimate of drug-likeness (QED) is 0.879. The Labute approximate surface area is 132 Å². The molecule has 0 aliphatic heterocycles. The molecule has 1 atom stereocenters. The zero-order valence-corrected chi connectivity index (χ0v) is 12.9. The average Bonchev–Trinajstić information content (AvgIpc) is 2.83. The van der Waals surface area contributed by atoms with Gasteiger partial charge in [0.1, 0.15) is 10.7 Å². The molecule has 1 aliphatic carbocycles. The molecular weight excluding hydrogens is 311 g/mol. The van der Waals surface area contributed by atoms with Crippen molar-refractivity contribution in [2.24, 2.45) is 5.41 Å². The van der Waals surface area contributed by atoms with Crippen LogP contribution in [-0.4, -0.2) is 25.0 Å². The Bertz CT molecular complexity index is 671. The molecule has 1 heterocycles. The van der Waals surface area contributed by atoms with Crippen LogP contribution in [0.5, 0.6) is 0 Å². The predicted molar refractivity (Wildman–Crippen MR) is 80.4 cm³/mol. The van der Waals surface area contributed by atoms with Crippen molar-refractivity contribution in [3.8, 4) is 5.69 Å². The van der Waals surface area contributed by atoms with Gasteiger partial charge in [0.15, 0.2) is 5.82 Å². The van der Waals surface area contributed by atoms with Gasteiger partial charge in [-0.05, 0) is 25.5 Å². The topological polar surface area (TPSA) is 59.8 Å². The number of hydrogen-bond acceptors (Lipinski definition) is 3. The molecule has 0 bridgehead atoms. The van der Waals surface area contributed by atoms with Crippen molar-refractivity contribution in [1.82, 2.24) is 20.1 Å². The molecule has 0 unspecified atom stereocenters. The summed E-state index contributed by atoms with van der Waals surface area (Å²) in [7, 11) is 0. The van der Waals surface area contributed by atoms with Gasteiger partial charge in [0.2, 0.25) is 5.91 Å². The second-order valence-corrected chi connectivity index (χ2v) is 6.83. The highest BCUT2D eigenvalue weighted by molar-refractivity contribution is 6.53. The smallest absolute Gasteiger partial charge is 0.229 e. The van der Waals surface area contributed by atoms with E-state index in [9.17, 15) is 4.79 Å². The second kappa shape index (κ2) is 5.00. The highest BCUT2D eigenvalue weighted by Gasteiger charge is 2.67. The van der Waals surface area contributed by atoms with Crippen LogP contribution in [0.15, 0.2) is 36.7 Å². The van der Waals surface area contributed by atoms with Crippen molar-refractivity contribution < 1.29 is 4.79 Å². The van der Waals surface area contributed by atoms with Gasteiger partial charge in [-0.15, -0.1) is 33.4 Å². The van der Waals surface area contributed by atoms with Gasteiger partial charge in [-0.2, -0.15) is 0 Å². The number of carbonyl (C=O) groups excluding carboxylic acids is 1.